The predicted molar refractivity (Wildman–Crippen MR) is 83.8 cm³/mol. The topological polar surface area (TPSA) is 60.7 Å². The molecule has 2 aromatic carbocycles. The highest BCUT2D eigenvalue weighted by Crippen LogP contribution is 2.47. The van der Waals surface area contributed by atoms with Crippen LogP contribution in [0.3, 0.4) is 0 Å². The van der Waals surface area contributed by atoms with E-state index in [0.717, 1.165) is 42.2 Å². The third-order valence-electron chi connectivity index (χ3n) is 4.96. The largest absolute Gasteiger partial charge is 0.507 e. The van der Waals surface area contributed by atoms with Crippen LogP contribution in [0.15, 0.2) is 24.3 Å². The smallest absolute Gasteiger partial charge is 0.127 e. The summed E-state index contributed by atoms with van der Waals surface area (Å²) in [4.78, 5) is 0. The van der Waals surface area contributed by atoms with Gasteiger partial charge in [-0.1, -0.05) is 24.3 Å². The van der Waals surface area contributed by atoms with Gasteiger partial charge in [-0.3, -0.25) is 0 Å². The van der Waals surface area contributed by atoms with Crippen LogP contribution in [0, 0.1) is 12.8 Å². The number of aliphatic hydroxyl groups is 1. The molecule has 0 radical (unpaired) electrons. The molecule has 1 aliphatic rings. The Morgan fingerprint density at radius 1 is 0.952 bits per heavy atom. The van der Waals surface area contributed by atoms with Crippen LogP contribution in [0.4, 0.5) is 0 Å². The van der Waals surface area contributed by atoms with Crippen molar-refractivity contribution < 1.29 is 15.3 Å². The maximum atomic E-state index is 10.7. The molecule has 1 fully saturated rings. The fourth-order valence-electron chi connectivity index (χ4n) is 3.68. The number of phenolic OH excluding ortho intramolecular Hbond substituents is 2. The van der Waals surface area contributed by atoms with Gasteiger partial charge in [0.2, 0.25) is 0 Å². The molecule has 0 bridgehead atoms. The molecule has 0 unspecified atom stereocenters. The summed E-state index contributed by atoms with van der Waals surface area (Å²) in [6.45, 7) is 2.13. The van der Waals surface area contributed by atoms with Gasteiger partial charge in [0, 0.05) is 22.9 Å². The molecule has 0 atom stereocenters. The Labute approximate surface area is 124 Å². The van der Waals surface area contributed by atoms with Crippen molar-refractivity contribution >= 4 is 10.8 Å². The van der Waals surface area contributed by atoms with Crippen molar-refractivity contribution in [1.29, 1.82) is 0 Å². The Balaban J connectivity index is 2.07. The second kappa shape index (κ2) is 5.57. The van der Waals surface area contributed by atoms with Crippen molar-refractivity contribution in [3.63, 3.8) is 0 Å². The van der Waals surface area contributed by atoms with Gasteiger partial charge in [0.05, 0.1) is 0 Å². The number of aromatic hydroxyl groups is 2. The van der Waals surface area contributed by atoms with Gasteiger partial charge in [0.15, 0.2) is 0 Å². The maximum Gasteiger partial charge on any atom is 0.127 e. The van der Waals surface area contributed by atoms with Crippen molar-refractivity contribution in [3.05, 3.63) is 35.4 Å². The lowest BCUT2D eigenvalue weighted by Gasteiger charge is -2.29. The van der Waals surface area contributed by atoms with Gasteiger partial charge in [-0.2, -0.15) is 0 Å². The second-order valence-corrected chi connectivity index (χ2v) is 6.18. The average Bonchev–Trinajstić information content (AvgIpc) is 2.53. The van der Waals surface area contributed by atoms with E-state index in [4.69, 9.17) is 0 Å². The fourth-order valence-corrected chi connectivity index (χ4v) is 3.68. The average molecular weight is 286 g/mol. The number of hydrogen-bond acceptors (Lipinski definition) is 3. The van der Waals surface area contributed by atoms with Crippen molar-refractivity contribution in [3.8, 4) is 11.5 Å². The Morgan fingerprint density at radius 2 is 1.52 bits per heavy atom. The standard InChI is InChI=1S/C18H22O3/c1-11-16(13-8-6-12(10-19)7-9-13)18(21)15-5-3-2-4-14(15)17(11)20/h2-5,12-13,19-21H,6-10H2,1H3. The highest BCUT2D eigenvalue weighted by molar-refractivity contribution is 5.95. The molecule has 3 rings (SSSR count). The molecule has 0 spiro atoms. The van der Waals surface area contributed by atoms with Crippen molar-refractivity contribution in [2.45, 2.75) is 38.5 Å². The highest BCUT2D eigenvalue weighted by atomic mass is 16.3. The molecule has 112 valence electrons. The second-order valence-electron chi connectivity index (χ2n) is 6.18. The Hall–Kier alpha value is -1.74. The number of rotatable bonds is 2. The number of fused-ring (bicyclic) bond motifs is 1. The van der Waals surface area contributed by atoms with E-state index in [1.165, 1.54) is 0 Å². The van der Waals surface area contributed by atoms with Gasteiger partial charge in [-0.25, -0.2) is 0 Å². The van der Waals surface area contributed by atoms with Crippen LogP contribution in [0.1, 0.15) is 42.7 Å². The van der Waals surface area contributed by atoms with Crippen LogP contribution in [-0.2, 0) is 0 Å². The molecule has 0 amide bonds. The third-order valence-corrected chi connectivity index (χ3v) is 4.96. The molecule has 0 saturated heterocycles. The lowest BCUT2D eigenvalue weighted by molar-refractivity contribution is 0.181. The Bertz CT molecular complexity index is 655. The molecular formula is C18H22O3. The molecular weight excluding hydrogens is 264 g/mol. The number of phenols is 2. The monoisotopic (exact) mass is 286 g/mol. The van der Waals surface area contributed by atoms with Crippen LogP contribution < -0.4 is 0 Å². The quantitative estimate of drug-likeness (QED) is 0.735. The first-order valence-corrected chi connectivity index (χ1v) is 7.67. The summed E-state index contributed by atoms with van der Waals surface area (Å²) in [5.74, 6) is 1.25. The highest BCUT2D eigenvalue weighted by Gasteiger charge is 2.27. The fraction of sp³-hybridized carbons (Fsp3) is 0.444. The van der Waals surface area contributed by atoms with E-state index in [9.17, 15) is 15.3 Å². The van der Waals surface area contributed by atoms with Crippen LogP contribution >= 0.6 is 0 Å². The molecule has 3 nitrogen and oxygen atoms in total. The van der Waals surface area contributed by atoms with E-state index in [-0.39, 0.29) is 18.3 Å². The van der Waals surface area contributed by atoms with E-state index in [1.807, 2.05) is 31.2 Å². The maximum absolute atomic E-state index is 10.7. The molecule has 21 heavy (non-hydrogen) atoms. The van der Waals surface area contributed by atoms with E-state index in [1.54, 1.807) is 0 Å². The van der Waals surface area contributed by atoms with E-state index >= 15 is 0 Å². The lowest BCUT2D eigenvalue weighted by Crippen LogP contribution is -2.16. The van der Waals surface area contributed by atoms with Crippen LogP contribution in [0.2, 0.25) is 0 Å². The van der Waals surface area contributed by atoms with Crippen molar-refractivity contribution in [2.24, 2.45) is 5.92 Å². The SMILES string of the molecule is Cc1c(C2CCC(CO)CC2)c(O)c2ccccc2c1O. The molecule has 0 aliphatic heterocycles. The zero-order valence-corrected chi connectivity index (χ0v) is 12.3. The van der Waals surface area contributed by atoms with Crippen molar-refractivity contribution in [2.75, 3.05) is 6.61 Å². The first-order chi connectivity index (χ1) is 10.1. The summed E-state index contributed by atoms with van der Waals surface area (Å²) in [7, 11) is 0. The Morgan fingerprint density at radius 3 is 2.10 bits per heavy atom. The van der Waals surface area contributed by atoms with Gasteiger partial charge >= 0.3 is 0 Å². The minimum atomic E-state index is 0.251. The first kappa shape index (κ1) is 14.2. The summed E-state index contributed by atoms with van der Waals surface area (Å²) in [5.41, 5.74) is 1.68. The van der Waals surface area contributed by atoms with Crippen molar-refractivity contribution in [1.82, 2.24) is 0 Å². The lowest BCUT2D eigenvalue weighted by atomic mass is 9.76. The van der Waals surface area contributed by atoms with Gasteiger partial charge in [-0.15, -0.1) is 0 Å². The van der Waals surface area contributed by atoms with Crippen LogP contribution in [0.5, 0.6) is 11.5 Å². The molecule has 1 aliphatic carbocycles. The number of aliphatic hydroxyl groups excluding tert-OH is 1. The van der Waals surface area contributed by atoms with E-state index in [2.05, 4.69) is 0 Å². The third kappa shape index (κ3) is 2.36. The van der Waals surface area contributed by atoms with Gasteiger partial charge in [0.1, 0.15) is 11.5 Å². The number of hydrogen-bond donors (Lipinski definition) is 3. The summed E-state index contributed by atoms with van der Waals surface area (Å²) < 4.78 is 0. The minimum Gasteiger partial charge on any atom is -0.507 e. The van der Waals surface area contributed by atoms with Crippen LogP contribution in [0.25, 0.3) is 10.8 Å². The normalized spacial score (nSPS) is 22.6. The predicted octanol–water partition coefficient (Wildman–Crippen LogP) is 3.83. The summed E-state index contributed by atoms with van der Waals surface area (Å²) >= 11 is 0. The Kier molecular flexibility index (Phi) is 3.77. The zero-order chi connectivity index (χ0) is 15.0. The van der Waals surface area contributed by atoms with Gasteiger partial charge in [0.25, 0.3) is 0 Å². The molecule has 3 heteroatoms. The molecule has 2 aromatic rings. The van der Waals surface area contributed by atoms with Gasteiger partial charge in [-0.05, 0) is 50.0 Å². The molecule has 0 heterocycles. The van der Waals surface area contributed by atoms with Gasteiger partial charge < -0.3 is 15.3 Å². The zero-order valence-electron chi connectivity index (χ0n) is 12.3. The summed E-state index contributed by atoms with van der Waals surface area (Å²) in [6.07, 6.45) is 3.87. The summed E-state index contributed by atoms with van der Waals surface area (Å²) in [6, 6.07) is 7.44. The molecule has 3 N–H and O–H groups in total. The summed E-state index contributed by atoms with van der Waals surface area (Å²) in [5, 5.41) is 31.8. The first-order valence-electron chi connectivity index (χ1n) is 7.67. The molecule has 0 aromatic heterocycles. The van der Waals surface area contributed by atoms with Crippen LogP contribution in [-0.4, -0.2) is 21.9 Å². The number of benzene rings is 2. The van der Waals surface area contributed by atoms with E-state index in [0.29, 0.717) is 17.1 Å². The van der Waals surface area contributed by atoms with E-state index < -0.39 is 0 Å². The molecule has 1 saturated carbocycles. The minimum absolute atomic E-state index is 0.251.